The molecule has 1 aliphatic heterocycles. The van der Waals surface area contributed by atoms with Gasteiger partial charge in [-0.05, 0) is 18.4 Å². The van der Waals surface area contributed by atoms with Crippen molar-refractivity contribution in [3.63, 3.8) is 0 Å². The van der Waals surface area contributed by atoms with Crippen molar-refractivity contribution in [1.29, 1.82) is 0 Å². The van der Waals surface area contributed by atoms with Gasteiger partial charge < -0.3 is 15.6 Å². The molecule has 4 rings (SSSR count). The lowest BCUT2D eigenvalue weighted by Crippen LogP contribution is -2.43. The van der Waals surface area contributed by atoms with E-state index in [0.717, 1.165) is 35.5 Å². The Morgan fingerprint density at radius 1 is 1.42 bits per heavy atom. The number of carbonyl (C=O) groups excluding carboxylic acids is 1. The molecule has 0 unspecified atom stereocenters. The summed E-state index contributed by atoms with van der Waals surface area (Å²) in [6.45, 7) is 4.15. The Balaban J connectivity index is 1.75. The SMILES string of the molecule is C[C@@H]1CCN(C(=O)CCN)C[C@@H]1c1ncc2cnc3[nH]ccc3n12. The second kappa shape index (κ2) is 5.90. The summed E-state index contributed by atoms with van der Waals surface area (Å²) in [5.41, 5.74) is 8.40. The molecule has 0 radical (unpaired) electrons. The summed E-state index contributed by atoms with van der Waals surface area (Å²) < 4.78 is 2.16. The zero-order valence-electron chi connectivity index (χ0n) is 13.8. The number of nitrogens with one attached hydrogen (secondary N) is 1. The maximum Gasteiger partial charge on any atom is 0.223 e. The van der Waals surface area contributed by atoms with Crippen LogP contribution >= 0.6 is 0 Å². The highest BCUT2D eigenvalue weighted by Gasteiger charge is 2.32. The number of H-pyrrole nitrogens is 1. The van der Waals surface area contributed by atoms with Crippen molar-refractivity contribution < 1.29 is 4.79 Å². The number of hydrogen-bond acceptors (Lipinski definition) is 4. The van der Waals surface area contributed by atoms with E-state index in [4.69, 9.17) is 5.73 Å². The van der Waals surface area contributed by atoms with E-state index in [2.05, 4.69) is 26.3 Å². The normalized spacial score (nSPS) is 21.7. The molecule has 3 aromatic rings. The number of aromatic nitrogens is 4. The maximum atomic E-state index is 12.3. The summed E-state index contributed by atoms with van der Waals surface area (Å²) in [5, 5.41) is 0. The number of aromatic amines is 1. The number of hydrogen-bond donors (Lipinski definition) is 2. The number of nitrogens with two attached hydrogens (primary N) is 1. The van der Waals surface area contributed by atoms with Gasteiger partial charge in [0.25, 0.3) is 0 Å². The van der Waals surface area contributed by atoms with Gasteiger partial charge in [-0.1, -0.05) is 6.92 Å². The Labute approximate surface area is 139 Å². The molecule has 7 heteroatoms. The van der Waals surface area contributed by atoms with Crippen LogP contribution in [0.1, 0.15) is 31.5 Å². The molecule has 0 spiro atoms. The first-order valence-corrected chi connectivity index (χ1v) is 8.46. The van der Waals surface area contributed by atoms with Crippen LogP contribution in [0.5, 0.6) is 0 Å². The molecule has 0 saturated carbocycles. The first kappa shape index (κ1) is 15.1. The van der Waals surface area contributed by atoms with Crippen LogP contribution in [-0.2, 0) is 4.79 Å². The third kappa shape index (κ3) is 2.36. The van der Waals surface area contributed by atoms with Crippen LogP contribution in [0, 0.1) is 5.92 Å². The minimum atomic E-state index is 0.142. The van der Waals surface area contributed by atoms with Gasteiger partial charge in [-0.25, -0.2) is 9.97 Å². The highest BCUT2D eigenvalue weighted by Crippen LogP contribution is 2.33. The molecule has 2 atom stereocenters. The number of fused-ring (bicyclic) bond motifs is 3. The molecule has 0 bridgehead atoms. The van der Waals surface area contributed by atoms with Crippen LogP contribution in [0.25, 0.3) is 16.7 Å². The molecule has 1 aliphatic rings. The number of nitrogens with zero attached hydrogens (tertiary/aromatic N) is 4. The van der Waals surface area contributed by atoms with E-state index < -0.39 is 0 Å². The lowest BCUT2D eigenvalue weighted by Gasteiger charge is -2.36. The molecule has 1 amide bonds. The van der Waals surface area contributed by atoms with E-state index in [-0.39, 0.29) is 11.8 Å². The molecule has 0 aromatic carbocycles. The zero-order chi connectivity index (χ0) is 16.7. The fourth-order valence-corrected chi connectivity index (χ4v) is 3.68. The Morgan fingerprint density at radius 3 is 3.08 bits per heavy atom. The van der Waals surface area contributed by atoms with Gasteiger partial charge in [0, 0.05) is 38.2 Å². The topological polar surface area (TPSA) is 92.3 Å². The minimum absolute atomic E-state index is 0.142. The second-order valence-corrected chi connectivity index (χ2v) is 6.60. The highest BCUT2D eigenvalue weighted by atomic mass is 16.2. The number of amides is 1. The fourth-order valence-electron chi connectivity index (χ4n) is 3.68. The summed E-state index contributed by atoms with van der Waals surface area (Å²) >= 11 is 0. The predicted molar refractivity (Wildman–Crippen MR) is 91.6 cm³/mol. The Hall–Kier alpha value is -2.41. The molecule has 1 saturated heterocycles. The van der Waals surface area contributed by atoms with Crippen molar-refractivity contribution in [2.24, 2.45) is 11.7 Å². The van der Waals surface area contributed by atoms with Gasteiger partial charge in [0.1, 0.15) is 5.82 Å². The van der Waals surface area contributed by atoms with Gasteiger partial charge in [0.2, 0.25) is 5.91 Å². The quantitative estimate of drug-likeness (QED) is 0.763. The van der Waals surface area contributed by atoms with E-state index in [1.54, 1.807) is 0 Å². The van der Waals surface area contributed by atoms with E-state index in [0.29, 0.717) is 25.4 Å². The van der Waals surface area contributed by atoms with Gasteiger partial charge in [-0.2, -0.15) is 0 Å². The van der Waals surface area contributed by atoms with Gasteiger partial charge in [0.15, 0.2) is 5.65 Å². The van der Waals surface area contributed by atoms with E-state index in [1.165, 1.54) is 0 Å². The van der Waals surface area contributed by atoms with Gasteiger partial charge in [-0.3, -0.25) is 9.20 Å². The fraction of sp³-hybridized carbons (Fsp3) is 0.471. The largest absolute Gasteiger partial charge is 0.345 e. The maximum absolute atomic E-state index is 12.3. The van der Waals surface area contributed by atoms with Crippen molar-refractivity contribution in [1.82, 2.24) is 24.3 Å². The van der Waals surface area contributed by atoms with Crippen LogP contribution in [0.2, 0.25) is 0 Å². The average molecular weight is 326 g/mol. The van der Waals surface area contributed by atoms with Crippen LogP contribution in [-0.4, -0.2) is 49.8 Å². The van der Waals surface area contributed by atoms with Gasteiger partial charge in [-0.15, -0.1) is 0 Å². The first-order chi connectivity index (χ1) is 11.7. The number of imidazole rings is 1. The van der Waals surface area contributed by atoms with Crippen molar-refractivity contribution in [3.05, 3.63) is 30.5 Å². The van der Waals surface area contributed by atoms with Crippen molar-refractivity contribution in [2.45, 2.75) is 25.7 Å². The Bertz CT molecular complexity index is 882. The Kier molecular flexibility index (Phi) is 3.72. The highest BCUT2D eigenvalue weighted by molar-refractivity contribution is 5.77. The molecule has 126 valence electrons. The monoisotopic (exact) mass is 326 g/mol. The van der Waals surface area contributed by atoms with Gasteiger partial charge >= 0.3 is 0 Å². The van der Waals surface area contributed by atoms with Crippen LogP contribution < -0.4 is 5.73 Å². The van der Waals surface area contributed by atoms with Crippen molar-refractivity contribution in [2.75, 3.05) is 19.6 Å². The first-order valence-electron chi connectivity index (χ1n) is 8.46. The van der Waals surface area contributed by atoms with E-state index >= 15 is 0 Å². The van der Waals surface area contributed by atoms with Crippen molar-refractivity contribution in [3.8, 4) is 0 Å². The minimum Gasteiger partial charge on any atom is -0.345 e. The average Bonchev–Trinajstić information content (AvgIpc) is 3.21. The van der Waals surface area contributed by atoms with E-state index in [9.17, 15) is 4.79 Å². The number of carbonyl (C=O) groups is 1. The Morgan fingerprint density at radius 2 is 2.25 bits per heavy atom. The molecular formula is C17H22N6O. The molecule has 3 N–H and O–H groups in total. The van der Waals surface area contributed by atoms with Crippen LogP contribution in [0.15, 0.2) is 24.7 Å². The smallest absolute Gasteiger partial charge is 0.223 e. The molecular weight excluding hydrogens is 304 g/mol. The number of likely N-dealkylation sites (tertiary alicyclic amines) is 1. The molecule has 24 heavy (non-hydrogen) atoms. The molecule has 1 fully saturated rings. The standard InChI is InChI=1S/C17H22N6O/c1-11-4-7-22(15(24)2-5-18)10-13(11)17-21-9-12-8-20-16-14(23(12)17)3-6-19-16/h3,6,8-9,11,13,19H,2,4-5,7,10,18H2,1H3/t11-,13+/m1/s1. The third-order valence-electron chi connectivity index (χ3n) is 5.09. The molecule has 0 aliphatic carbocycles. The lowest BCUT2D eigenvalue weighted by molar-refractivity contribution is -0.132. The second-order valence-electron chi connectivity index (χ2n) is 6.60. The van der Waals surface area contributed by atoms with Gasteiger partial charge in [0.05, 0.1) is 23.4 Å². The molecule has 3 aromatic heterocycles. The summed E-state index contributed by atoms with van der Waals surface area (Å²) in [6.07, 6.45) is 6.98. The number of piperidine rings is 1. The predicted octanol–water partition coefficient (Wildman–Crippen LogP) is 1.51. The number of rotatable bonds is 3. The summed E-state index contributed by atoms with van der Waals surface area (Å²) in [6, 6.07) is 2.02. The van der Waals surface area contributed by atoms with Crippen LogP contribution in [0.4, 0.5) is 0 Å². The zero-order valence-corrected chi connectivity index (χ0v) is 13.8. The van der Waals surface area contributed by atoms with E-state index in [1.807, 2.05) is 29.6 Å². The van der Waals surface area contributed by atoms with Crippen LogP contribution in [0.3, 0.4) is 0 Å². The summed E-state index contributed by atoms with van der Waals surface area (Å²) in [4.78, 5) is 26.5. The molecule has 7 nitrogen and oxygen atoms in total. The third-order valence-corrected chi connectivity index (χ3v) is 5.09. The van der Waals surface area contributed by atoms with Crippen molar-refractivity contribution >= 4 is 22.6 Å². The molecule has 4 heterocycles. The summed E-state index contributed by atoms with van der Waals surface area (Å²) in [7, 11) is 0. The lowest BCUT2D eigenvalue weighted by atomic mass is 9.86. The summed E-state index contributed by atoms with van der Waals surface area (Å²) in [5.74, 6) is 1.83.